The van der Waals surface area contributed by atoms with Crippen molar-refractivity contribution in [1.29, 1.82) is 0 Å². The van der Waals surface area contributed by atoms with Crippen molar-refractivity contribution >= 4 is 28.4 Å². The molecule has 2 aromatic carbocycles. The Balaban J connectivity index is 1.21. The van der Waals surface area contributed by atoms with Gasteiger partial charge in [0.2, 0.25) is 11.7 Å². The molecule has 0 radical (unpaired) electrons. The fraction of sp³-hybridized carbons (Fsp3) is 0.464. The predicted molar refractivity (Wildman–Crippen MR) is 153 cm³/mol. The van der Waals surface area contributed by atoms with Crippen LogP contribution in [-0.4, -0.2) is 67.3 Å². The first kappa shape index (κ1) is 26.5. The van der Waals surface area contributed by atoms with E-state index in [1.807, 2.05) is 0 Å². The number of methoxy groups -OCH3 is 2. The maximum atomic E-state index is 15.5. The van der Waals surface area contributed by atoms with Crippen LogP contribution in [-0.2, 0) is 5.79 Å². The maximum Gasteiger partial charge on any atom is 0.215 e. The standard InChI is InChI=1S/C28H36FN9O2/c1-39-24-15-20-22(16-25(24)40-2)32-17-33-26(20)38-27(30)34-28(31,35-38)18-8-9-23(21(29)14-18)37-12-10-36(11-13-37)19-6-4-3-5-7-19/h8-9,14-17,19,35H,3-7,10-13,31H2,1-2H3,(H2,30,34). The zero-order valence-corrected chi connectivity index (χ0v) is 22.9. The molecule has 0 spiro atoms. The van der Waals surface area contributed by atoms with E-state index in [-0.39, 0.29) is 11.8 Å². The first-order chi connectivity index (χ1) is 19.4. The molecular weight excluding hydrogens is 513 g/mol. The van der Waals surface area contributed by atoms with Crippen molar-refractivity contribution in [3.63, 3.8) is 0 Å². The molecule has 1 aromatic heterocycles. The summed E-state index contributed by atoms with van der Waals surface area (Å²) in [6.45, 7) is 3.50. The van der Waals surface area contributed by atoms with E-state index in [2.05, 4.69) is 30.2 Å². The van der Waals surface area contributed by atoms with E-state index < -0.39 is 5.79 Å². The molecule has 5 N–H and O–H groups in total. The van der Waals surface area contributed by atoms with Crippen LogP contribution in [0.1, 0.15) is 37.7 Å². The Bertz CT molecular complexity index is 1420. The smallest absolute Gasteiger partial charge is 0.215 e. The number of aromatic nitrogens is 2. The number of benzene rings is 2. The Hall–Kier alpha value is -3.74. The zero-order valence-electron chi connectivity index (χ0n) is 22.9. The molecule has 212 valence electrons. The van der Waals surface area contributed by atoms with Gasteiger partial charge in [0.05, 0.1) is 25.4 Å². The van der Waals surface area contributed by atoms with Gasteiger partial charge in [0, 0.05) is 49.2 Å². The number of hydrogen-bond acceptors (Lipinski definition) is 11. The minimum atomic E-state index is -1.49. The predicted octanol–water partition coefficient (Wildman–Crippen LogP) is 2.65. The monoisotopic (exact) mass is 549 g/mol. The second kappa shape index (κ2) is 10.7. The van der Waals surface area contributed by atoms with Gasteiger partial charge in [-0.2, -0.15) is 5.43 Å². The van der Waals surface area contributed by atoms with Crippen LogP contribution < -0.4 is 36.3 Å². The van der Waals surface area contributed by atoms with E-state index >= 15 is 4.39 Å². The molecule has 6 rings (SSSR count). The summed E-state index contributed by atoms with van der Waals surface area (Å²) in [5, 5.41) is 2.12. The van der Waals surface area contributed by atoms with Crippen molar-refractivity contribution in [2.45, 2.75) is 43.9 Å². The van der Waals surface area contributed by atoms with E-state index in [0.29, 0.717) is 45.5 Å². The lowest BCUT2D eigenvalue weighted by Crippen LogP contribution is -2.53. The molecule has 12 heteroatoms. The second-order valence-electron chi connectivity index (χ2n) is 10.6. The van der Waals surface area contributed by atoms with Gasteiger partial charge in [0.25, 0.3) is 0 Å². The number of nitrogens with zero attached hydrogens (tertiary/aromatic N) is 6. The number of rotatable bonds is 6. The topological polar surface area (TPSA) is 130 Å². The molecule has 1 saturated carbocycles. The molecule has 3 aromatic rings. The summed E-state index contributed by atoms with van der Waals surface area (Å²) in [6, 6.07) is 9.20. The first-order valence-electron chi connectivity index (χ1n) is 13.8. The number of hydrazine groups is 1. The Morgan fingerprint density at radius 1 is 0.975 bits per heavy atom. The second-order valence-corrected chi connectivity index (χ2v) is 10.6. The Labute approximate surface area is 232 Å². The number of halogens is 1. The highest BCUT2D eigenvalue weighted by Crippen LogP contribution is 2.36. The summed E-state index contributed by atoms with van der Waals surface area (Å²) in [5.41, 5.74) is 17.7. The largest absolute Gasteiger partial charge is 0.493 e. The third-order valence-electron chi connectivity index (χ3n) is 8.27. The molecule has 40 heavy (non-hydrogen) atoms. The summed E-state index contributed by atoms with van der Waals surface area (Å²) in [4.78, 5) is 17.9. The molecule has 1 saturated heterocycles. The van der Waals surface area contributed by atoms with E-state index in [4.69, 9.17) is 20.9 Å². The SMILES string of the molecule is COc1cc2ncnc(N3NC(N)(c4ccc(N5CCN(C6CCCCC6)CC5)c(F)c4)N=C3N)c2cc1OC. The normalized spacial score (nSPS) is 22.6. The number of anilines is 2. The van der Waals surface area contributed by atoms with Gasteiger partial charge >= 0.3 is 0 Å². The lowest BCUT2D eigenvalue weighted by molar-refractivity contribution is 0.147. The Kier molecular flexibility index (Phi) is 7.07. The highest BCUT2D eigenvalue weighted by atomic mass is 19.1. The number of aliphatic imine (C=N–C) groups is 1. The highest BCUT2D eigenvalue weighted by Gasteiger charge is 2.39. The minimum absolute atomic E-state index is 0.0839. The van der Waals surface area contributed by atoms with Crippen molar-refractivity contribution in [1.82, 2.24) is 20.3 Å². The van der Waals surface area contributed by atoms with Gasteiger partial charge in [0.1, 0.15) is 12.1 Å². The van der Waals surface area contributed by atoms with Gasteiger partial charge in [-0.1, -0.05) is 25.3 Å². The van der Waals surface area contributed by atoms with Crippen LogP contribution in [0.4, 0.5) is 15.9 Å². The quantitative estimate of drug-likeness (QED) is 0.422. The van der Waals surface area contributed by atoms with E-state index in [1.54, 1.807) is 38.5 Å². The number of fused-ring (bicyclic) bond motifs is 1. The molecule has 0 amide bonds. The number of ether oxygens (including phenoxy) is 2. The fourth-order valence-electron chi connectivity index (χ4n) is 6.10. The number of guanidine groups is 1. The van der Waals surface area contributed by atoms with Gasteiger partial charge in [-0.15, -0.1) is 0 Å². The lowest BCUT2D eigenvalue weighted by Gasteiger charge is -2.41. The first-order valence-corrected chi connectivity index (χ1v) is 13.8. The summed E-state index contributed by atoms with van der Waals surface area (Å²) < 4.78 is 26.4. The number of hydrogen-bond donors (Lipinski definition) is 3. The number of piperazine rings is 1. The molecule has 2 fully saturated rings. The van der Waals surface area contributed by atoms with Crippen LogP contribution in [0.15, 0.2) is 41.7 Å². The summed E-state index contributed by atoms with van der Waals surface area (Å²) in [7, 11) is 3.11. The van der Waals surface area contributed by atoms with Crippen LogP contribution in [0.5, 0.6) is 11.5 Å². The summed E-state index contributed by atoms with van der Waals surface area (Å²) in [5.74, 6) is -0.275. The number of nitrogens with two attached hydrogens (primary N) is 2. The highest BCUT2D eigenvalue weighted by molar-refractivity contribution is 6.03. The van der Waals surface area contributed by atoms with E-state index in [1.165, 1.54) is 49.5 Å². The van der Waals surface area contributed by atoms with E-state index in [0.717, 1.165) is 26.2 Å². The third kappa shape index (κ3) is 4.76. The molecular formula is C28H36FN9O2. The zero-order chi connectivity index (χ0) is 27.9. The molecule has 0 bridgehead atoms. The molecule has 3 aliphatic rings. The fourth-order valence-corrected chi connectivity index (χ4v) is 6.10. The lowest BCUT2D eigenvalue weighted by atomic mass is 9.94. The Morgan fingerprint density at radius 3 is 2.40 bits per heavy atom. The molecule has 1 atom stereocenters. The van der Waals surface area contributed by atoms with Crippen LogP contribution in [0.3, 0.4) is 0 Å². The van der Waals surface area contributed by atoms with Crippen LogP contribution in [0.2, 0.25) is 0 Å². The molecule has 2 aliphatic heterocycles. The van der Waals surface area contributed by atoms with Gasteiger partial charge in [0.15, 0.2) is 17.3 Å². The molecule has 1 aliphatic carbocycles. The third-order valence-corrected chi connectivity index (χ3v) is 8.27. The molecule has 1 unspecified atom stereocenters. The molecule has 3 heterocycles. The van der Waals surface area contributed by atoms with Gasteiger partial charge < -0.3 is 20.1 Å². The van der Waals surface area contributed by atoms with Gasteiger partial charge in [-0.25, -0.2) is 24.4 Å². The van der Waals surface area contributed by atoms with Crippen molar-refractivity contribution in [2.24, 2.45) is 16.5 Å². The van der Waals surface area contributed by atoms with Crippen LogP contribution >= 0.6 is 0 Å². The average Bonchev–Trinajstić information content (AvgIpc) is 3.31. The summed E-state index contributed by atoms with van der Waals surface area (Å²) in [6.07, 6.45) is 7.95. The van der Waals surface area contributed by atoms with Crippen molar-refractivity contribution in [3.05, 3.63) is 48.0 Å². The maximum absolute atomic E-state index is 15.5. The minimum Gasteiger partial charge on any atom is -0.493 e. The van der Waals surface area contributed by atoms with Crippen molar-refractivity contribution < 1.29 is 13.9 Å². The molecule has 11 nitrogen and oxygen atoms in total. The van der Waals surface area contributed by atoms with Gasteiger partial charge in [-0.05, 0) is 31.0 Å². The van der Waals surface area contributed by atoms with Crippen molar-refractivity contribution in [2.75, 3.05) is 50.3 Å². The number of nitrogens with one attached hydrogen (secondary N) is 1. The Morgan fingerprint density at radius 2 is 1.70 bits per heavy atom. The average molecular weight is 550 g/mol. The summed E-state index contributed by atoms with van der Waals surface area (Å²) >= 11 is 0. The van der Waals surface area contributed by atoms with E-state index in [9.17, 15) is 0 Å². The van der Waals surface area contributed by atoms with Crippen LogP contribution in [0, 0.1) is 5.82 Å². The van der Waals surface area contributed by atoms with Gasteiger partial charge in [-0.3, -0.25) is 10.6 Å². The van der Waals surface area contributed by atoms with Crippen LogP contribution in [0.25, 0.3) is 10.9 Å². The van der Waals surface area contributed by atoms with Crippen molar-refractivity contribution in [3.8, 4) is 11.5 Å².